The molecule has 0 spiro atoms. The molecule has 2 saturated heterocycles. The Morgan fingerprint density at radius 2 is 1.87 bits per heavy atom. The summed E-state index contributed by atoms with van der Waals surface area (Å²) in [6.45, 7) is 14.0. The smallest absolute Gasteiger partial charge is 0.0496 e. The van der Waals surface area contributed by atoms with Gasteiger partial charge in [-0.25, -0.2) is 0 Å². The second-order valence-electron chi connectivity index (χ2n) is 11.6. The molecule has 210 valence electrons. The molecule has 1 atom stereocenters. The van der Waals surface area contributed by atoms with Crippen molar-refractivity contribution >= 4 is 23.4 Å². The summed E-state index contributed by atoms with van der Waals surface area (Å²) < 4.78 is 9.29. The number of piperidine rings is 2. The standard InChI is InChI=1S/C31H49N5OS/c1-5-6-7-28(22(2)33-3)31(32)29-9-8-25(20-30(29)34-4)24-10-16-36(17-11-24)26-18-23(19-26)21-35-14-12-27(38-37)13-15-35/h5,8-9,20,23-24,26-28,32-34,37H,1-2,6-7,10-19,21H2,3-4H3. The number of hydrogen-bond donors (Lipinski definition) is 4. The van der Waals surface area contributed by atoms with Crippen LogP contribution in [0.1, 0.15) is 68.4 Å². The van der Waals surface area contributed by atoms with Crippen molar-refractivity contribution in [2.24, 2.45) is 11.8 Å². The molecule has 2 aliphatic heterocycles. The van der Waals surface area contributed by atoms with Crippen LogP contribution >= 0.6 is 12.0 Å². The average Bonchev–Trinajstić information content (AvgIpc) is 2.94. The molecule has 1 unspecified atom stereocenters. The fourth-order valence-corrected chi connectivity index (χ4v) is 7.13. The Balaban J connectivity index is 1.27. The van der Waals surface area contributed by atoms with Crippen LogP contribution in [0.15, 0.2) is 43.1 Å². The topological polar surface area (TPSA) is 74.6 Å². The van der Waals surface area contributed by atoms with Gasteiger partial charge in [0, 0.05) is 60.5 Å². The molecule has 0 radical (unpaired) electrons. The molecule has 4 N–H and O–H groups in total. The highest BCUT2D eigenvalue weighted by atomic mass is 32.2. The van der Waals surface area contributed by atoms with Crippen molar-refractivity contribution in [2.45, 2.75) is 68.6 Å². The lowest BCUT2D eigenvalue weighted by Crippen LogP contribution is -2.51. The van der Waals surface area contributed by atoms with E-state index >= 15 is 0 Å². The molecule has 0 amide bonds. The zero-order valence-corrected chi connectivity index (χ0v) is 24.4. The summed E-state index contributed by atoms with van der Waals surface area (Å²) in [6.07, 6.45) is 11.0. The molecule has 0 aromatic heterocycles. The zero-order chi connectivity index (χ0) is 27.1. The van der Waals surface area contributed by atoms with Crippen molar-refractivity contribution in [1.29, 1.82) is 5.41 Å². The van der Waals surface area contributed by atoms with E-state index in [2.05, 4.69) is 51.8 Å². The van der Waals surface area contributed by atoms with E-state index in [0.29, 0.717) is 16.9 Å². The van der Waals surface area contributed by atoms with Gasteiger partial charge in [0.25, 0.3) is 0 Å². The summed E-state index contributed by atoms with van der Waals surface area (Å²) in [5, 5.41) is 16.0. The van der Waals surface area contributed by atoms with Crippen LogP contribution in [0.3, 0.4) is 0 Å². The highest BCUT2D eigenvalue weighted by molar-refractivity contribution is 7.94. The number of nitrogens with one attached hydrogen (secondary N) is 3. The quantitative estimate of drug-likeness (QED) is 0.139. The first-order valence-corrected chi connectivity index (χ1v) is 15.5. The van der Waals surface area contributed by atoms with Gasteiger partial charge < -0.3 is 30.4 Å². The van der Waals surface area contributed by atoms with Gasteiger partial charge in [-0.3, -0.25) is 0 Å². The van der Waals surface area contributed by atoms with Crippen molar-refractivity contribution in [3.05, 3.63) is 54.3 Å². The van der Waals surface area contributed by atoms with Crippen LogP contribution < -0.4 is 10.6 Å². The number of rotatable bonds is 13. The van der Waals surface area contributed by atoms with Gasteiger partial charge in [0.2, 0.25) is 0 Å². The Bertz CT molecular complexity index is 946. The van der Waals surface area contributed by atoms with Crippen LogP contribution in [0.2, 0.25) is 0 Å². The van der Waals surface area contributed by atoms with E-state index < -0.39 is 0 Å². The van der Waals surface area contributed by atoms with E-state index in [1.807, 2.05) is 20.2 Å². The summed E-state index contributed by atoms with van der Waals surface area (Å²) >= 11 is 1.06. The first-order chi connectivity index (χ1) is 18.5. The maximum absolute atomic E-state index is 9.29. The molecule has 4 rings (SSSR count). The molecule has 1 aliphatic carbocycles. The van der Waals surface area contributed by atoms with Crippen LogP contribution in [0.5, 0.6) is 0 Å². The first kappa shape index (κ1) is 29.2. The van der Waals surface area contributed by atoms with Crippen molar-refractivity contribution in [3.8, 4) is 0 Å². The Labute approximate surface area is 235 Å². The van der Waals surface area contributed by atoms with Gasteiger partial charge in [-0.15, -0.1) is 6.58 Å². The molecule has 2 heterocycles. The van der Waals surface area contributed by atoms with E-state index in [4.69, 9.17) is 5.41 Å². The number of benzene rings is 1. The minimum atomic E-state index is -0.0307. The van der Waals surface area contributed by atoms with Crippen LogP contribution in [0.25, 0.3) is 0 Å². The number of nitrogens with zero attached hydrogens (tertiary/aromatic N) is 2. The fourth-order valence-electron chi connectivity index (χ4n) is 6.70. The predicted octanol–water partition coefficient (Wildman–Crippen LogP) is 6.04. The normalized spacial score (nSPS) is 24.4. The van der Waals surface area contributed by atoms with Gasteiger partial charge in [0.05, 0.1) is 0 Å². The maximum Gasteiger partial charge on any atom is 0.0496 e. The minimum absolute atomic E-state index is 0.0307. The number of anilines is 1. The van der Waals surface area contributed by atoms with Crippen LogP contribution in [-0.4, -0.2) is 78.2 Å². The first-order valence-electron chi connectivity index (χ1n) is 14.6. The molecular formula is C31H49N5OS. The third-order valence-electron chi connectivity index (χ3n) is 9.28. The number of allylic oxidation sites excluding steroid dienone is 2. The zero-order valence-electron chi connectivity index (χ0n) is 23.6. The van der Waals surface area contributed by atoms with Gasteiger partial charge in [0.15, 0.2) is 0 Å². The lowest BCUT2D eigenvalue weighted by molar-refractivity contribution is 0.0370. The molecule has 38 heavy (non-hydrogen) atoms. The summed E-state index contributed by atoms with van der Waals surface area (Å²) in [4.78, 5) is 5.37. The molecule has 1 saturated carbocycles. The number of hydrogen-bond acceptors (Lipinski definition) is 7. The van der Waals surface area contributed by atoms with Gasteiger partial charge in [-0.05, 0) is 113 Å². The van der Waals surface area contributed by atoms with Gasteiger partial charge >= 0.3 is 0 Å². The highest BCUT2D eigenvalue weighted by Gasteiger charge is 2.37. The molecule has 1 aromatic rings. The Morgan fingerprint density at radius 3 is 2.47 bits per heavy atom. The van der Waals surface area contributed by atoms with E-state index in [1.54, 1.807) is 0 Å². The van der Waals surface area contributed by atoms with Crippen LogP contribution in [0, 0.1) is 17.2 Å². The second-order valence-corrected chi connectivity index (χ2v) is 12.4. The third kappa shape index (κ3) is 7.04. The largest absolute Gasteiger partial charge is 0.391 e. The van der Waals surface area contributed by atoms with Crippen LogP contribution in [-0.2, 0) is 0 Å². The van der Waals surface area contributed by atoms with Gasteiger partial charge in [0.1, 0.15) is 0 Å². The maximum atomic E-state index is 9.29. The summed E-state index contributed by atoms with van der Waals surface area (Å²) in [5.41, 5.74) is 4.92. The van der Waals surface area contributed by atoms with Crippen molar-refractivity contribution in [3.63, 3.8) is 0 Å². The van der Waals surface area contributed by atoms with E-state index in [0.717, 1.165) is 79.7 Å². The predicted molar refractivity (Wildman–Crippen MR) is 164 cm³/mol. The summed E-state index contributed by atoms with van der Waals surface area (Å²) in [7, 11) is 3.85. The fraction of sp³-hybridized carbons (Fsp3) is 0.645. The monoisotopic (exact) mass is 539 g/mol. The Morgan fingerprint density at radius 1 is 1.16 bits per heavy atom. The molecule has 0 bridgehead atoms. The highest BCUT2D eigenvalue weighted by Crippen LogP contribution is 2.38. The minimum Gasteiger partial charge on any atom is -0.391 e. The molecule has 1 aromatic carbocycles. The van der Waals surface area contributed by atoms with E-state index in [1.165, 1.54) is 50.9 Å². The van der Waals surface area contributed by atoms with E-state index in [-0.39, 0.29) is 5.92 Å². The second kappa shape index (κ2) is 14.0. The molecule has 3 fully saturated rings. The van der Waals surface area contributed by atoms with Crippen LogP contribution in [0.4, 0.5) is 5.69 Å². The molecular weight excluding hydrogens is 490 g/mol. The molecule has 7 heteroatoms. The van der Waals surface area contributed by atoms with Crippen molar-refractivity contribution < 1.29 is 4.55 Å². The van der Waals surface area contributed by atoms with E-state index in [9.17, 15) is 4.55 Å². The Hall–Kier alpha value is -1.80. The van der Waals surface area contributed by atoms with Crippen molar-refractivity contribution in [2.75, 3.05) is 52.1 Å². The third-order valence-corrected chi connectivity index (χ3v) is 10.1. The molecule has 6 nitrogen and oxygen atoms in total. The van der Waals surface area contributed by atoms with Gasteiger partial charge in [-0.2, -0.15) is 0 Å². The summed E-state index contributed by atoms with van der Waals surface area (Å²) in [6, 6.07) is 7.47. The summed E-state index contributed by atoms with van der Waals surface area (Å²) in [5.74, 6) is 1.41. The number of likely N-dealkylation sites (tertiary alicyclic amines) is 2. The SMILES string of the molecule is C=CCCC(C(=C)NC)C(=N)c1ccc(C2CCN(C3CC(CN4CCC(SO)CC4)C3)CC2)cc1NC. The lowest BCUT2D eigenvalue weighted by atomic mass is 9.77. The Kier molecular flexibility index (Phi) is 10.8. The lowest BCUT2D eigenvalue weighted by Gasteiger charge is -2.47. The molecule has 3 aliphatic rings. The van der Waals surface area contributed by atoms with Gasteiger partial charge in [-0.1, -0.05) is 24.8 Å². The van der Waals surface area contributed by atoms with Crippen molar-refractivity contribution in [1.82, 2.24) is 15.1 Å². The average molecular weight is 540 g/mol.